The van der Waals surface area contributed by atoms with Crippen molar-refractivity contribution in [3.8, 4) is 0 Å². The number of H-pyrrole nitrogens is 1. The second-order valence-corrected chi connectivity index (χ2v) is 10.7. The molecule has 1 aliphatic carbocycles. The summed E-state index contributed by atoms with van der Waals surface area (Å²) in [7, 11) is 0. The van der Waals surface area contributed by atoms with Crippen LogP contribution < -0.4 is 5.32 Å². The first-order valence-corrected chi connectivity index (χ1v) is 13.4. The van der Waals surface area contributed by atoms with Crippen molar-refractivity contribution in [3.63, 3.8) is 0 Å². The number of rotatable bonds is 7. The summed E-state index contributed by atoms with van der Waals surface area (Å²) in [6.45, 7) is 3.71. The summed E-state index contributed by atoms with van der Waals surface area (Å²) in [5, 5.41) is 15.7. The lowest BCUT2D eigenvalue weighted by atomic mass is 10.2. The van der Waals surface area contributed by atoms with E-state index in [1.165, 1.54) is 25.7 Å². The standard InChI is InChI=1S/C24H32ClN5O2S/c25-17-11-16-12-21(28-23(16)20(13-17)26-18-3-1-2-4-18)24-27-19(15-33-24)5-6-29-7-9-30(10-8-29)22(32)14-31/h11-13,18-19,26,28,31H,1-10,14-15H2/t19-/m1/s1. The van der Waals surface area contributed by atoms with Crippen molar-refractivity contribution in [2.45, 2.75) is 44.2 Å². The van der Waals surface area contributed by atoms with Gasteiger partial charge < -0.3 is 20.3 Å². The molecule has 7 nitrogen and oxygen atoms in total. The number of thioether (sulfide) groups is 1. The van der Waals surface area contributed by atoms with Gasteiger partial charge in [-0.25, -0.2) is 0 Å². The molecule has 0 radical (unpaired) electrons. The van der Waals surface area contributed by atoms with E-state index in [1.54, 1.807) is 4.90 Å². The number of piperazine rings is 1. The Bertz CT molecular complexity index is 1030. The smallest absolute Gasteiger partial charge is 0.248 e. The van der Waals surface area contributed by atoms with E-state index in [9.17, 15) is 4.79 Å². The fourth-order valence-electron chi connectivity index (χ4n) is 5.09. The zero-order valence-electron chi connectivity index (χ0n) is 18.9. The summed E-state index contributed by atoms with van der Waals surface area (Å²) in [6.07, 6.45) is 6.05. The number of carbonyl (C=O) groups is 1. The highest BCUT2D eigenvalue weighted by Crippen LogP contribution is 2.33. The van der Waals surface area contributed by atoms with Crippen molar-refractivity contribution < 1.29 is 9.90 Å². The maximum atomic E-state index is 11.6. The van der Waals surface area contributed by atoms with Crippen LogP contribution in [-0.2, 0) is 4.79 Å². The van der Waals surface area contributed by atoms with Gasteiger partial charge in [-0.1, -0.05) is 24.4 Å². The number of carbonyl (C=O) groups excluding carboxylic acids is 1. The fourth-order valence-corrected chi connectivity index (χ4v) is 6.40. The molecule has 9 heteroatoms. The zero-order valence-corrected chi connectivity index (χ0v) is 20.4. The molecule has 1 aromatic carbocycles. The molecule has 2 fully saturated rings. The molecule has 2 aliphatic heterocycles. The molecule has 3 N–H and O–H groups in total. The topological polar surface area (TPSA) is 84.0 Å². The molecule has 1 saturated carbocycles. The van der Waals surface area contributed by atoms with Crippen LogP contribution in [0.3, 0.4) is 0 Å². The van der Waals surface area contributed by atoms with Gasteiger partial charge in [0.15, 0.2) is 0 Å². The third-order valence-electron chi connectivity index (χ3n) is 6.99. The van der Waals surface area contributed by atoms with Crippen molar-refractivity contribution in [1.82, 2.24) is 14.8 Å². The van der Waals surface area contributed by atoms with Crippen LogP contribution in [0.2, 0.25) is 5.02 Å². The number of anilines is 1. The highest BCUT2D eigenvalue weighted by molar-refractivity contribution is 8.14. The number of hydrogen-bond donors (Lipinski definition) is 3. The Labute approximate surface area is 203 Å². The quantitative estimate of drug-likeness (QED) is 0.553. The first-order valence-electron chi connectivity index (χ1n) is 12.0. The first-order chi connectivity index (χ1) is 16.1. The molecule has 1 saturated heterocycles. The van der Waals surface area contributed by atoms with E-state index in [2.05, 4.69) is 21.3 Å². The maximum absolute atomic E-state index is 11.6. The number of fused-ring (bicyclic) bond motifs is 1. The highest BCUT2D eigenvalue weighted by Gasteiger charge is 2.25. The minimum Gasteiger partial charge on any atom is -0.387 e. The lowest BCUT2D eigenvalue weighted by Gasteiger charge is -2.34. The van der Waals surface area contributed by atoms with E-state index in [4.69, 9.17) is 21.7 Å². The fraction of sp³-hybridized carbons (Fsp3) is 0.583. The van der Waals surface area contributed by atoms with Crippen LogP contribution in [0.25, 0.3) is 10.9 Å². The van der Waals surface area contributed by atoms with Crippen molar-refractivity contribution in [1.29, 1.82) is 0 Å². The maximum Gasteiger partial charge on any atom is 0.248 e. The molecule has 33 heavy (non-hydrogen) atoms. The van der Waals surface area contributed by atoms with Gasteiger partial charge in [0, 0.05) is 54.9 Å². The largest absolute Gasteiger partial charge is 0.387 e. The summed E-state index contributed by atoms with van der Waals surface area (Å²) in [6, 6.07) is 7.07. The van der Waals surface area contributed by atoms with Crippen molar-refractivity contribution in [2.75, 3.05) is 50.4 Å². The van der Waals surface area contributed by atoms with Gasteiger partial charge in [-0.05, 0) is 37.5 Å². The van der Waals surface area contributed by atoms with Gasteiger partial charge in [0.2, 0.25) is 5.91 Å². The second-order valence-electron chi connectivity index (χ2n) is 9.29. The van der Waals surface area contributed by atoms with Gasteiger partial charge in [-0.3, -0.25) is 14.7 Å². The molecule has 2 aromatic rings. The number of aliphatic hydroxyl groups excluding tert-OH is 1. The number of benzene rings is 1. The van der Waals surface area contributed by atoms with Crippen LogP contribution in [-0.4, -0.2) is 88.0 Å². The number of aliphatic hydroxyl groups is 1. The molecule has 0 bridgehead atoms. The highest BCUT2D eigenvalue weighted by atomic mass is 35.5. The number of amides is 1. The minimum absolute atomic E-state index is 0.169. The molecule has 0 spiro atoms. The van der Waals surface area contributed by atoms with Crippen LogP contribution >= 0.6 is 23.4 Å². The van der Waals surface area contributed by atoms with Gasteiger partial charge in [-0.15, -0.1) is 11.8 Å². The number of nitrogens with one attached hydrogen (secondary N) is 2. The lowest BCUT2D eigenvalue weighted by molar-refractivity contribution is -0.135. The monoisotopic (exact) mass is 489 g/mol. The van der Waals surface area contributed by atoms with E-state index in [-0.39, 0.29) is 5.91 Å². The molecule has 0 unspecified atom stereocenters. The van der Waals surface area contributed by atoms with Crippen LogP contribution in [0.5, 0.6) is 0 Å². The summed E-state index contributed by atoms with van der Waals surface area (Å²) < 4.78 is 0. The number of aromatic amines is 1. The number of halogens is 1. The molecule has 3 aliphatic rings. The molecule has 178 valence electrons. The van der Waals surface area contributed by atoms with Crippen LogP contribution in [0.15, 0.2) is 23.2 Å². The third-order valence-corrected chi connectivity index (χ3v) is 8.36. The first kappa shape index (κ1) is 23.0. The lowest BCUT2D eigenvalue weighted by Crippen LogP contribution is -2.49. The number of aliphatic imine (C=N–C) groups is 1. The number of aromatic nitrogens is 1. The zero-order chi connectivity index (χ0) is 22.8. The molecule has 1 amide bonds. The SMILES string of the molecule is O=C(CO)N1CCN(CC[C@@H]2CSC(c3cc4cc(Cl)cc(NC5CCCC5)c4[nH]3)=N2)CC1. The Balaban J connectivity index is 1.21. The summed E-state index contributed by atoms with van der Waals surface area (Å²) in [4.78, 5) is 24.4. The Morgan fingerprint density at radius 1 is 1.21 bits per heavy atom. The van der Waals surface area contributed by atoms with Crippen molar-refractivity contribution in [2.24, 2.45) is 4.99 Å². The van der Waals surface area contributed by atoms with Crippen LogP contribution in [0.1, 0.15) is 37.8 Å². The minimum atomic E-state index is -0.394. The van der Waals surface area contributed by atoms with Crippen molar-refractivity contribution >= 4 is 50.9 Å². The summed E-state index contributed by atoms with van der Waals surface area (Å²) >= 11 is 8.24. The molecule has 5 rings (SSSR count). The van der Waals surface area contributed by atoms with Gasteiger partial charge in [0.25, 0.3) is 0 Å². The van der Waals surface area contributed by atoms with Gasteiger partial charge in [-0.2, -0.15) is 0 Å². The van der Waals surface area contributed by atoms with E-state index in [1.807, 2.05) is 23.9 Å². The Hall–Kier alpha value is -1.74. The molecular formula is C24H32ClN5O2S. The normalized spacial score (nSPS) is 22.3. The van der Waals surface area contributed by atoms with E-state index in [0.717, 1.165) is 64.2 Å². The van der Waals surface area contributed by atoms with E-state index >= 15 is 0 Å². The van der Waals surface area contributed by atoms with Crippen molar-refractivity contribution in [3.05, 3.63) is 28.9 Å². The molecule has 3 heterocycles. The van der Waals surface area contributed by atoms with Gasteiger partial charge in [0.05, 0.1) is 22.9 Å². The summed E-state index contributed by atoms with van der Waals surface area (Å²) in [5.74, 6) is 0.832. The number of hydrogen-bond acceptors (Lipinski definition) is 6. The van der Waals surface area contributed by atoms with Crippen LogP contribution in [0.4, 0.5) is 5.69 Å². The second kappa shape index (κ2) is 10.3. The average Bonchev–Trinajstić information content (AvgIpc) is 3.58. The van der Waals surface area contributed by atoms with E-state index < -0.39 is 6.61 Å². The number of nitrogens with zero attached hydrogens (tertiary/aromatic N) is 3. The Morgan fingerprint density at radius 2 is 2.00 bits per heavy atom. The third kappa shape index (κ3) is 5.34. The van der Waals surface area contributed by atoms with E-state index in [0.29, 0.717) is 25.2 Å². The average molecular weight is 490 g/mol. The predicted molar refractivity (Wildman–Crippen MR) is 137 cm³/mol. The molecular weight excluding hydrogens is 458 g/mol. The Morgan fingerprint density at radius 3 is 2.76 bits per heavy atom. The Kier molecular flexibility index (Phi) is 7.16. The summed E-state index contributed by atoms with van der Waals surface area (Å²) in [5.41, 5.74) is 3.28. The predicted octanol–water partition coefficient (Wildman–Crippen LogP) is 3.56. The van der Waals surface area contributed by atoms with Gasteiger partial charge >= 0.3 is 0 Å². The van der Waals surface area contributed by atoms with Crippen LogP contribution in [0, 0.1) is 0 Å². The molecule has 1 atom stereocenters. The van der Waals surface area contributed by atoms with Gasteiger partial charge in [0.1, 0.15) is 11.7 Å². The molecule has 1 aromatic heterocycles.